The molecular formula is C18H25N3O3S. The van der Waals surface area contributed by atoms with Crippen molar-refractivity contribution in [1.82, 2.24) is 4.57 Å². The first-order valence-electron chi connectivity index (χ1n) is 8.30. The van der Waals surface area contributed by atoms with Crippen LogP contribution in [0, 0.1) is 5.41 Å². The van der Waals surface area contributed by atoms with Crippen molar-refractivity contribution in [3.05, 3.63) is 23.0 Å². The van der Waals surface area contributed by atoms with Gasteiger partial charge in [0.1, 0.15) is 0 Å². The Hall–Kier alpha value is -1.99. The van der Waals surface area contributed by atoms with Crippen molar-refractivity contribution in [2.24, 2.45) is 10.4 Å². The predicted octanol–water partition coefficient (Wildman–Crippen LogP) is 3.17. The number of aromatic nitrogens is 1. The number of ether oxygens (including phenoxy) is 1. The summed E-state index contributed by atoms with van der Waals surface area (Å²) in [5.41, 5.74) is 1.17. The Kier molecular flexibility index (Phi) is 6.13. The Morgan fingerprint density at radius 1 is 1.32 bits per heavy atom. The van der Waals surface area contributed by atoms with Gasteiger partial charge in [-0.2, -0.15) is 4.99 Å². The molecule has 0 unspecified atom stereocenters. The SMILES string of the molecule is CCOCCn1c(=NC(=O)C(C)(C)C)sc2cc(NC(C)=O)ccc21. The van der Waals surface area contributed by atoms with Gasteiger partial charge in [-0.25, -0.2) is 0 Å². The van der Waals surface area contributed by atoms with E-state index in [1.807, 2.05) is 50.5 Å². The monoisotopic (exact) mass is 363 g/mol. The Bertz CT molecular complexity index is 843. The third-order valence-corrected chi connectivity index (χ3v) is 4.55. The van der Waals surface area contributed by atoms with Crippen LogP contribution in [0.1, 0.15) is 34.6 Å². The zero-order valence-electron chi connectivity index (χ0n) is 15.4. The van der Waals surface area contributed by atoms with E-state index in [0.717, 1.165) is 15.9 Å². The Labute approximate surface area is 151 Å². The van der Waals surface area contributed by atoms with Gasteiger partial charge in [0.05, 0.1) is 16.8 Å². The summed E-state index contributed by atoms with van der Waals surface area (Å²) in [6, 6.07) is 5.69. The van der Waals surface area contributed by atoms with E-state index in [-0.39, 0.29) is 11.8 Å². The van der Waals surface area contributed by atoms with E-state index in [2.05, 4.69) is 10.3 Å². The zero-order valence-corrected chi connectivity index (χ0v) is 16.2. The molecule has 6 nitrogen and oxygen atoms in total. The van der Waals surface area contributed by atoms with Crippen molar-refractivity contribution >= 4 is 39.1 Å². The highest BCUT2D eigenvalue weighted by Gasteiger charge is 2.21. The molecule has 0 saturated carbocycles. The summed E-state index contributed by atoms with van der Waals surface area (Å²) in [5, 5.41) is 2.78. The van der Waals surface area contributed by atoms with Gasteiger partial charge in [-0.15, -0.1) is 0 Å². The third kappa shape index (κ3) is 4.99. The second-order valence-corrected chi connectivity index (χ2v) is 7.77. The normalized spacial score (nSPS) is 12.6. The largest absolute Gasteiger partial charge is 0.380 e. The lowest BCUT2D eigenvalue weighted by atomic mass is 9.96. The molecule has 2 aromatic rings. The van der Waals surface area contributed by atoms with Gasteiger partial charge in [0.2, 0.25) is 5.91 Å². The average Bonchev–Trinajstić information content (AvgIpc) is 2.83. The molecule has 1 aromatic heterocycles. The number of thiazole rings is 1. The number of amides is 2. The predicted molar refractivity (Wildman–Crippen MR) is 101 cm³/mol. The highest BCUT2D eigenvalue weighted by molar-refractivity contribution is 7.16. The molecule has 25 heavy (non-hydrogen) atoms. The summed E-state index contributed by atoms with van der Waals surface area (Å²) in [5.74, 6) is -0.278. The molecular weight excluding hydrogens is 338 g/mol. The van der Waals surface area contributed by atoms with Gasteiger partial charge >= 0.3 is 0 Å². The van der Waals surface area contributed by atoms with Gasteiger partial charge < -0.3 is 14.6 Å². The van der Waals surface area contributed by atoms with Gasteiger partial charge in [0.15, 0.2) is 4.80 Å². The quantitative estimate of drug-likeness (QED) is 0.829. The first-order chi connectivity index (χ1) is 11.7. The maximum absolute atomic E-state index is 12.3. The zero-order chi connectivity index (χ0) is 18.6. The van der Waals surface area contributed by atoms with Crippen molar-refractivity contribution < 1.29 is 14.3 Å². The number of fused-ring (bicyclic) bond motifs is 1. The van der Waals surface area contributed by atoms with Crippen LogP contribution < -0.4 is 10.1 Å². The standard InChI is InChI=1S/C18H25N3O3S/c1-6-24-10-9-21-14-8-7-13(19-12(2)22)11-15(14)25-17(21)20-16(23)18(3,4)5/h7-8,11H,6,9-10H2,1-5H3,(H,19,22). The van der Waals surface area contributed by atoms with Crippen LogP contribution in [0.2, 0.25) is 0 Å². The fraction of sp³-hybridized carbons (Fsp3) is 0.500. The van der Waals surface area contributed by atoms with Crippen LogP contribution in [0.25, 0.3) is 10.2 Å². The van der Waals surface area contributed by atoms with Gasteiger partial charge in [-0.05, 0) is 25.1 Å². The minimum absolute atomic E-state index is 0.118. The van der Waals surface area contributed by atoms with Crippen LogP contribution in [0.3, 0.4) is 0 Å². The number of carbonyl (C=O) groups is 2. The van der Waals surface area contributed by atoms with Crippen LogP contribution in [-0.2, 0) is 20.9 Å². The molecule has 0 atom stereocenters. The number of rotatable bonds is 5. The molecule has 0 radical (unpaired) electrons. The number of nitrogens with zero attached hydrogens (tertiary/aromatic N) is 2. The topological polar surface area (TPSA) is 72.7 Å². The molecule has 0 aliphatic carbocycles. The van der Waals surface area contributed by atoms with E-state index < -0.39 is 5.41 Å². The molecule has 1 aromatic carbocycles. The first-order valence-corrected chi connectivity index (χ1v) is 9.12. The van der Waals surface area contributed by atoms with Gasteiger partial charge in [0, 0.05) is 31.2 Å². The third-order valence-electron chi connectivity index (χ3n) is 3.51. The van der Waals surface area contributed by atoms with E-state index in [4.69, 9.17) is 4.74 Å². The van der Waals surface area contributed by atoms with E-state index in [1.165, 1.54) is 18.3 Å². The molecule has 7 heteroatoms. The van der Waals surface area contributed by atoms with Crippen LogP contribution in [0.5, 0.6) is 0 Å². The van der Waals surface area contributed by atoms with E-state index in [9.17, 15) is 9.59 Å². The summed E-state index contributed by atoms with van der Waals surface area (Å²) in [6.07, 6.45) is 0. The maximum Gasteiger partial charge on any atom is 0.253 e. The number of hydrogen-bond donors (Lipinski definition) is 1. The second-order valence-electron chi connectivity index (χ2n) is 6.76. The lowest BCUT2D eigenvalue weighted by Crippen LogP contribution is -2.24. The maximum atomic E-state index is 12.3. The van der Waals surface area contributed by atoms with Gasteiger partial charge in [0.25, 0.3) is 5.91 Å². The van der Waals surface area contributed by atoms with Crippen LogP contribution >= 0.6 is 11.3 Å². The molecule has 0 bridgehead atoms. The highest BCUT2D eigenvalue weighted by atomic mass is 32.1. The van der Waals surface area contributed by atoms with Crippen molar-refractivity contribution in [3.63, 3.8) is 0 Å². The fourth-order valence-electron chi connectivity index (χ4n) is 2.21. The molecule has 2 amide bonds. The number of hydrogen-bond acceptors (Lipinski definition) is 4. The molecule has 0 spiro atoms. The van der Waals surface area contributed by atoms with E-state index in [1.54, 1.807) is 0 Å². The van der Waals surface area contributed by atoms with Crippen LogP contribution in [-0.4, -0.2) is 29.6 Å². The van der Waals surface area contributed by atoms with E-state index in [0.29, 0.717) is 24.6 Å². The Morgan fingerprint density at radius 2 is 2.04 bits per heavy atom. The number of nitrogens with one attached hydrogen (secondary N) is 1. The van der Waals surface area contributed by atoms with Crippen molar-refractivity contribution in [3.8, 4) is 0 Å². The molecule has 0 fully saturated rings. The van der Waals surface area contributed by atoms with Gasteiger partial charge in [-0.3, -0.25) is 9.59 Å². The molecule has 0 aliphatic rings. The lowest BCUT2D eigenvalue weighted by molar-refractivity contribution is -0.125. The minimum Gasteiger partial charge on any atom is -0.380 e. The van der Waals surface area contributed by atoms with Crippen molar-refractivity contribution in [2.45, 2.75) is 41.2 Å². The molecule has 1 heterocycles. The summed E-state index contributed by atoms with van der Waals surface area (Å²) < 4.78 is 8.42. The minimum atomic E-state index is -0.532. The molecule has 1 N–H and O–H groups in total. The average molecular weight is 363 g/mol. The van der Waals surface area contributed by atoms with Crippen molar-refractivity contribution in [2.75, 3.05) is 18.5 Å². The molecule has 0 saturated heterocycles. The van der Waals surface area contributed by atoms with Crippen LogP contribution in [0.15, 0.2) is 23.2 Å². The van der Waals surface area contributed by atoms with E-state index >= 15 is 0 Å². The molecule has 136 valence electrons. The van der Waals surface area contributed by atoms with Crippen LogP contribution in [0.4, 0.5) is 5.69 Å². The number of benzene rings is 1. The summed E-state index contributed by atoms with van der Waals surface area (Å²) in [6.45, 7) is 10.8. The lowest BCUT2D eigenvalue weighted by Gasteiger charge is -2.12. The summed E-state index contributed by atoms with van der Waals surface area (Å²) in [4.78, 5) is 28.6. The summed E-state index contributed by atoms with van der Waals surface area (Å²) in [7, 11) is 0. The molecule has 2 rings (SSSR count). The highest BCUT2D eigenvalue weighted by Crippen LogP contribution is 2.23. The first kappa shape index (κ1) is 19.3. The van der Waals surface area contributed by atoms with Gasteiger partial charge in [-0.1, -0.05) is 32.1 Å². The molecule has 0 aliphatic heterocycles. The smallest absolute Gasteiger partial charge is 0.253 e. The summed E-state index contributed by atoms with van der Waals surface area (Å²) >= 11 is 1.44. The number of carbonyl (C=O) groups excluding carboxylic acids is 2. The number of anilines is 1. The Morgan fingerprint density at radius 3 is 2.64 bits per heavy atom. The Balaban J connectivity index is 2.53. The second kappa shape index (κ2) is 7.93. The van der Waals surface area contributed by atoms with Crippen molar-refractivity contribution in [1.29, 1.82) is 0 Å². The fourth-order valence-corrected chi connectivity index (χ4v) is 3.30.